The van der Waals surface area contributed by atoms with Crippen LogP contribution in [0.3, 0.4) is 0 Å². The zero-order chi connectivity index (χ0) is 7.84. The highest BCUT2D eigenvalue weighted by Crippen LogP contribution is 2.18. The van der Waals surface area contributed by atoms with Gasteiger partial charge in [-0.25, -0.2) is 10.0 Å². The van der Waals surface area contributed by atoms with Crippen LogP contribution in [0.25, 0.3) is 0 Å². The van der Waals surface area contributed by atoms with Crippen LogP contribution in [0, 0.1) is 0 Å². The zero-order valence-electron chi connectivity index (χ0n) is 5.93. The van der Waals surface area contributed by atoms with Crippen LogP contribution in [0.1, 0.15) is 6.92 Å². The van der Waals surface area contributed by atoms with Crippen molar-refractivity contribution in [2.75, 3.05) is 0 Å². The summed E-state index contributed by atoms with van der Waals surface area (Å²) in [6, 6.07) is 0. The van der Waals surface area contributed by atoms with Crippen molar-refractivity contribution < 1.29 is 0 Å². The number of nitrogens with one attached hydrogen (secondary N) is 2. The van der Waals surface area contributed by atoms with Gasteiger partial charge in [-0.3, -0.25) is 0 Å². The predicted octanol–water partition coefficient (Wildman–Crippen LogP) is 0.861. The number of halogens is 1. The van der Waals surface area contributed by atoms with E-state index in [1.165, 1.54) is 0 Å². The molecule has 11 heavy (non-hydrogen) atoms. The van der Waals surface area contributed by atoms with Gasteiger partial charge < -0.3 is 5.43 Å². The Bertz CT molecular complexity index is 278. The minimum atomic E-state index is 0.942. The van der Waals surface area contributed by atoms with Crippen molar-refractivity contribution in [3.8, 4) is 0 Å². The summed E-state index contributed by atoms with van der Waals surface area (Å²) in [5.74, 6) is 0.942. The summed E-state index contributed by atoms with van der Waals surface area (Å²) in [6.07, 6.45) is 3.88. The molecule has 5 heteroatoms. The fraction of sp³-hybridized carbons (Fsp3) is 0.167. The number of rotatable bonds is 0. The molecule has 0 fully saturated rings. The molecule has 2 heterocycles. The predicted molar refractivity (Wildman–Crippen MR) is 51.4 cm³/mol. The number of hydrogen-bond acceptors (Lipinski definition) is 4. The van der Waals surface area contributed by atoms with E-state index in [0.29, 0.717) is 0 Å². The van der Waals surface area contributed by atoms with E-state index in [2.05, 4.69) is 38.5 Å². The summed E-state index contributed by atoms with van der Waals surface area (Å²) >= 11 is 2.19. The van der Waals surface area contributed by atoms with Gasteiger partial charge in [-0.05, 0) is 35.6 Å². The third-order valence-electron chi connectivity index (χ3n) is 1.50. The van der Waals surface area contributed by atoms with Gasteiger partial charge >= 0.3 is 0 Å². The molecule has 2 aliphatic heterocycles. The molecule has 0 atom stereocenters. The zero-order valence-corrected chi connectivity index (χ0v) is 8.08. The van der Waals surface area contributed by atoms with Crippen molar-refractivity contribution in [3.63, 3.8) is 0 Å². The van der Waals surface area contributed by atoms with Gasteiger partial charge in [-0.1, -0.05) is 0 Å². The lowest BCUT2D eigenvalue weighted by Crippen LogP contribution is -2.34. The summed E-state index contributed by atoms with van der Waals surface area (Å²) in [6.45, 7) is 1.98. The van der Waals surface area contributed by atoms with Crippen molar-refractivity contribution in [3.05, 3.63) is 23.8 Å². The van der Waals surface area contributed by atoms with Crippen molar-refractivity contribution >= 4 is 26.3 Å². The molecule has 0 aromatic rings. The summed E-state index contributed by atoms with van der Waals surface area (Å²) in [5, 5.41) is 1.84. The lowest BCUT2D eigenvalue weighted by molar-refractivity contribution is 0.339. The average Bonchev–Trinajstić information content (AvgIpc) is 2.33. The van der Waals surface area contributed by atoms with E-state index in [-0.39, 0.29) is 0 Å². The lowest BCUT2D eigenvalue weighted by atomic mass is 10.4. The Morgan fingerprint density at radius 2 is 2.45 bits per heavy atom. The molecule has 58 valence electrons. The Morgan fingerprint density at radius 3 is 3.27 bits per heavy atom. The quantitative estimate of drug-likeness (QED) is 0.636. The topological polar surface area (TPSA) is 39.7 Å². The fourth-order valence-corrected chi connectivity index (χ4v) is 1.34. The molecule has 0 radical (unpaired) electrons. The first kappa shape index (κ1) is 7.11. The molecular weight excluding hydrogens is 255 g/mol. The summed E-state index contributed by atoms with van der Waals surface area (Å²) in [4.78, 5) is 4.32. The first-order valence-electron chi connectivity index (χ1n) is 3.21. The Labute approximate surface area is 78.1 Å². The van der Waals surface area contributed by atoms with E-state index in [1.807, 2.05) is 24.2 Å². The second-order valence-electron chi connectivity index (χ2n) is 2.31. The molecule has 0 unspecified atom stereocenters. The van der Waals surface area contributed by atoms with Gasteiger partial charge in [0.2, 0.25) is 0 Å². The maximum atomic E-state index is 4.32. The van der Waals surface area contributed by atoms with E-state index in [1.54, 1.807) is 0 Å². The van der Waals surface area contributed by atoms with Gasteiger partial charge in [0.05, 0.1) is 5.70 Å². The summed E-state index contributed by atoms with van der Waals surface area (Å²) < 4.78 is 0.999. The van der Waals surface area contributed by atoms with Crippen molar-refractivity contribution in [1.82, 2.24) is 16.0 Å². The molecule has 2 rings (SSSR count). The maximum Gasteiger partial charge on any atom is 0.169 e. The number of hydrazine groups is 2. The van der Waals surface area contributed by atoms with Crippen LogP contribution in [0.4, 0.5) is 0 Å². The van der Waals surface area contributed by atoms with Crippen LogP contribution >= 0.6 is 22.6 Å². The third kappa shape index (κ3) is 1.14. The number of hydrogen-bond donors (Lipinski definition) is 2. The SMILES string of the molecule is CC1=C2N=C(I)C=CN2NN1. The van der Waals surface area contributed by atoms with E-state index in [4.69, 9.17) is 0 Å². The van der Waals surface area contributed by atoms with Gasteiger partial charge in [0.15, 0.2) is 5.82 Å². The van der Waals surface area contributed by atoms with Gasteiger partial charge in [0.25, 0.3) is 0 Å². The minimum Gasteiger partial charge on any atom is -0.304 e. The Morgan fingerprint density at radius 1 is 1.64 bits per heavy atom. The van der Waals surface area contributed by atoms with Crippen LogP contribution < -0.4 is 11.0 Å². The number of fused-ring (bicyclic) bond motifs is 1. The van der Waals surface area contributed by atoms with Crippen molar-refractivity contribution in [2.45, 2.75) is 6.92 Å². The molecule has 0 aromatic carbocycles. The number of aliphatic imine (C=N–C) groups is 1. The fourth-order valence-electron chi connectivity index (χ4n) is 0.954. The molecule has 2 aliphatic rings. The molecule has 4 nitrogen and oxygen atoms in total. The number of allylic oxidation sites excluding steroid dienone is 2. The van der Waals surface area contributed by atoms with Gasteiger partial charge in [0.1, 0.15) is 3.72 Å². The second kappa shape index (κ2) is 2.49. The first-order chi connectivity index (χ1) is 5.27. The lowest BCUT2D eigenvalue weighted by Gasteiger charge is -2.15. The van der Waals surface area contributed by atoms with E-state index < -0.39 is 0 Å². The molecule has 0 saturated heterocycles. The Balaban J connectivity index is 2.40. The van der Waals surface area contributed by atoms with Gasteiger partial charge in [-0.2, -0.15) is 0 Å². The van der Waals surface area contributed by atoms with Gasteiger partial charge in [-0.15, -0.1) is 5.53 Å². The summed E-state index contributed by atoms with van der Waals surface area (Å²) in [5.41, 5.74) is 6.96. The molecule has 0 bridgehead atoms. The molecule has 0 amide bonds. The van der Waals surface area contributed by atoms with E-state index in [9.17, 15) is 0 Å². The van der Waals surface area contributed by atoms with Crippen LogP contribution in [0.2, 0.25) is 0 Å². The van der Waals surface area contributed by atoms with Crippen molar-refractivity contribution in [2.24, 2.45) is 4.99 Å². The second-order valence-corrected chi connectivity index (χ2v) is 3.41. The van der Waals surface area contributed by atoms with Crippen LogP contribution in [0.15, 0.2) is 28.8 Å². The minimum absolute atomic E-state index is 0.942. The monoisotopic (exact) mass is 262 g/mol. The van der Waals surface area contributed by atoms with Crippen LogP contribution in [0.5, 0.6) is 0 Å². The third-order valence-corrected chi connectivity index (χ3v) is 2.10. The Kier molecular flexibility index (Phi) is 1.61. The first-order valence-corrected chi connectivity index (χ1v) is 4.29. The highest BCUT2D eigenvalue weighted by molar-refractivity contribution is 14.1. The average molecular weight is 262 g/mol. The van der Waals surface area contributed by atoms with Crippen LogP contribution in [-0.2, 0) is 0 Å². The van der Waals surface area contributed by atoms with Crippen molar-refractivity contribution in [1.29, 1.82) is 0 Å². The van der Waals surface area contributed by atoms with Crippen LogP contribution in [-0.4, -0.2) is 8.73 Å². The molecule has 2 N–H and O–H groups in total. The Hall–Kier alpha value is -0.560. The molecule has 0 saturated carbocycles. The largest absolute Gasteiger partial charge is 0.304 e. The summed E-state index contributed by atoms with van der Waals surface area (Å²) in [7, 11) is 0. The number of nitrogens with zero attached hydrogens (tertiary/aromatic N) is 2. The molecule has 0 aromatic heterocycles. The normalized spacial score (nSPS) is 21.6. The van der Waals surface area contributed by atoms with Gasteiger partial charge in [0, 0.05) is 6.20 Å². The highest BCUT2D eigenvalue weighted by atomic mass is 127. The molecular formula is C6H7IN4. The molecule has 0 aliphatic carbocycles. The highest BCUT2D eigenvalue weighted by Gasteiger charge is 2.18. The standard InChI is InChI=1S/C6H7IN4/c1-4-6-8-5(7)2-3-11(6)10-9-4/h2-3,9-10H,1H3. The van der Waals surface area contributed by atoms with E-state index in [0.717, 1.165) is 15.2 Å². The smallest absolute Gasteiger partial charge is 0.169 e. The molecule has 0 spiro atoms. The maximum absolute atomic E-state index is 4.32. The van der Waals surface area contributed by atoms with E-state index >= 15 is 0 Å².